The quantitative estimate of drug-likeness (QED) is 0.693. The van der Waals surface area contributed by atoms with E-state index in [1.165, 1.54) is 0 Å². The number of aryl methyl sites for hydroxylation is 1. The van der Waals surface area contributed by atoms with Gasteiger partial charge in [0.15, 0.2) is 5.58 Å². The standard InChI is InChI=1S/C22H26N4O4/c1-15-4-6-17-20(12-15)30-21(23-17)14-25-8-10-26(11-9-25)22(27)24-18-13-16(28-2)5-7-19(18)29-3/h4-7,12-13H,8-11,14H2,1-3H3,(H,24,27). The van der Waals surface area contributed by atoms with Gasteiger partial charge in [0.05, 0.1) is 26.5 Å². The van der Waals surface area contributed by atoms with Gasteiger partial charge in [0.2, 0.25) is 5.89 Å². The van der Waals surface area contributed by atoms with Crippen molar-refractivity contribution in [1.29, 1.82) is 0 Å². The monoisotopic (exact) mass is 410 g/mol. The second kappa shape index (κ2) is 8.62. The number of amides is 2. The van der Waals surface area contributed by atoms with E-state index in [1.54, 1.807) is 37.3 Å². The Kier molecular flexibility index (Phi) is 5.76. The van der Waals surface area contributed by atoms with E-state index in [0.29, 0.717) is 42.7 Å². The lowest BCUT2D eigenvalue weighted by atomic mass is 10.2. The SMILES string of the molecule is COc1ccc(OC)c(NC(=O)N2CCN(Cc3nc4ccc(C)cc4o3)CC2)c1. The third-order valence-electron chi connectivity index (χ3n) is 5.25. The van der Waals surface area contributed by atoms with Gasteiger partial charge in [-0.2, -0.15) is 0 Å². The number of hydrogen-bond donors (Lipinski definition) is 1. The Labute approximate surface area is 175 Å². The Morgan fingerprint density at radius 1 is 1.10 bits per heavy atom. The van der Waals surface area contributed by atoms with Crippen molar-refractivity contribution < 1.29 is 18.7 Å². The smallest absolute Gasteiger partial charge is 0.322 e. The molecule has 8 heteroatoms. The molecule has 0 aliphatic carbocycles. The van der Waals surface area contributed by atoms with E-state index in [2.05, 4.69) is 15.2 Å². The van der Waals surface area contributed by atoms with Crippen LogP contribution in [0.15, 0.2) is 40.8 Å². The minimum Gasteiger partial charge on any atom is -0.497 e. The molecule has 1 aliphatic rings. The van der Waals surface area contributed by atoms with E-state index in [1.807, 2.05) is 25.1 Å². The number of piperazine rings is 1. The zero-order chi connectivity index (χ0) is 21.1. The summed E-state index contributed by atoms with van der Waals surface area (Å²) < 4.78 is 16.5. The van der Waals surface area contributed by atoms with Gasteiger partial charge in [0.25, 0.3) is 0 Å². The van der Waals surface area contributed by atoms with E-state index < -0.39 is 0 Å². The molecule has 2 aromatic carbocycles. The first kappa shape index (κ1) is 20.0. The van der Waals surface area contributed by atoms with Gasteiger partial charge in [0, 0.05) is 32.2 Å². The van der Waals surface area contributed by atoms with Crippen LogP contribution >= 0.6 is 0 Å². The molecule has 30 heavy (non-hydrogen) atoms. The maximum absolute atomic E-state index is 12.7. The number of rotatable bonds is 5. The lowest BCUT2D eigenvalue weighted by molar-refractivity contribution is 0.136. The van der Waals surface area contributed by atoms with Crippen molar-refractivity contribution in [3.05, 3.63) is 47.9 Å². The molecule has 0 saturated carbocycles. The highest BCUT2D eigenvalue weighted by atomic mass is 16.5. The maximum Gasteiger partial charge on any atom is 0.322 e. The molecule has 1 aliphatic heterocycles. The molecule has 1 aromatic heterocycles. The lowest BCUT2D eigenvalue weighted by Crippen LogP contribution is -2.49. The summed E-state index contributed by atoms with van der Waals surface area (Å²) in [5.41, 5.74) is 3.43. The summed E-state index contributed by atoms with van der Waals surface area (Å²) in [6.07, 6.45) is 0. The number of oxazole rings is 1. The molecule has 3 aromatic rings. The lowest BCUT2D eigenvalue weighted by Gasteiger charge is -2.34. The average Bonchev–Trinajstić information content (AvgIpc) is 3.15. The van der Waals surface area contributed by atoms with Gasteiger partial charge in [-0.15, -0.1) is 0 Å². The summed E-state index contributed by atoms with van der Waals surface area (Å²) in [4.78, 5) is 21.3. The number of nitrogens with one attached hydrogen (secondary N) is 1. The summed E-state index contributed by atoms with van der Waals surface area (Å²) >= 11 is 0. The van der Waals surface area contributed by atoms with Crippen LogP contribution in [0.1, 0.15) is 11.5 Å². The highest BCUT2D eigenvalue weighted by Crippen LogP contribution is 2.29. The van der Waals surface area contributed by atoms with E-state index >= 15 is 0 Å². The summed E-state index contributed by atoms with van der Waals surface area (Å²) in [5, 5.41) is 2.93. The minimum absolute atomic E-state index is 0.154. The van der Waals surface area contributed by atoms with Crippen LogP contribution in [0, 0.1) is 6.92 Å². The van der Waals surface area contributed by atoms with Crippen LogP contribution in [0.5, 0.6) is 11.5 Å². The Morgan fingerprint density at radius 3 is 2.63 bits per heavy atom. The molecule has 0 bridgehead atoms. The number of benzene rings is 2. The fraction of sp³-hybridized carbons (Fsp3) is 0.364. The molecular weight excluding hydrogens is 384 g/mol. The van der Waals surface area contributed by atoms with Crippen molar-refractivity contribution in [2.45, 2.75) is 13.5 Å². The Bertz CT molecular complexity index is 1040. The molecule has 2 amide bonds. The van der Waals surface area contributed by atoms with Gasteiger partial charge in [-0.25, -0.2) is 9.78 Å². The summed E-state index contributed by atoms with van der Waals surface area (Å²) in [6, 6.07) is 11.2. The van der Waals surface area contributed by atoms with Crippen molar-refractivity contribution in [2.24, 2.45) is 0 Å². The molecule has 0 spiro atoms. The number of anilines is 1. The van der Waals surface area contributed by atoms with Gasteiger partial charge in [-0.3, -0.25) is 4.90 Å². The molecular formula is C22H26N4O4. The first-order valence-electron chi connectivity index (χ1n) is 9.92. The number of methoxy groups -OCH3 is 2. The number of carbonyl (C=O) groups excluding carboxylic acids is 1. The van der Waals surface area contributed by atoms with Crippen LogP contribution in [-0.2, 0) is 6.54 Å². The summed E-state index contributed by atoms with van der Waals surface area (Å²) in [6.45, 7) is 5.41. The molecule has 0 atom stereocenters. The van der Waals surface area contributed by atoms with E-state index in [9.17, 15) is 4.79 Å². The molecule has 1 fully saturated rings. The van der Waals surface area contributed by atoms with Crippen molar-refractivity contribution in [1.82, 2.24) is 14.8 Å². The number of hydrogen-bond acceptors (Lipinski definition) is 6. The van der Waals surface area contributed by atoms with Crippen molar-refractivity contribution in [2.75, 3.05) is 45.7 Å². The number of nitrogens with zero attached hydrogens (tertiary/aromatic N) is 3. The van der Waals surface area contributed by atoms with Crippen LogP contribution in [-0.4, -0.2) is 61.2 Å². The first-order valence-corrected chi connectivity index (χ1v) is 9.92. The predicted molar refractivity (Wildman–Crippen MR) is 114 cm³/mol. The number of fused-ring (bicyclic) bond motifs is 1. The first-order chi connectivity index (χ1) is 14.6. The zero-order valence-electron chi connectivity index (χ0n) is 17.5. The highest BCUT2D eigenvalue weighted by molar-refractivity contribution is 5.91. The molecule has 0 unspecified atom stereocenters. The van der Waals surface area contributed by atoms with Gasteiger partial charge in [-0.1, -0.05) is 6.07 Å². The Balaban J connectivity index is 1.34. The fourth-order valence-electron chi connectivity index (χ4n) is 3.55. The van der Waals surface area contributed by atoms with Gasteiger partial charge < -0.3 is 24.1 Å². The van der Waals surface area contributed by atoms with Gasteiger partial charge in [0.1, 0.15) is 17.0 Å². The molecule has 1 N–H and O–H groups in total. The van der Waals surface area contributed by atoms with Gasteiger partial charge >= 0.3 is 6.03 Å². The normalized spacial score (nSPS) is 14.7. The van der Waals surface area contributed by atoms with Crippen LogP contribution < -0.4 is 14.8 Å². The topological polar surface area (TPSA) is 80.1 Å². The van der Waals surface area contributed by atoms with Crippen molar-refractivity contribution >= 4 is 22.8 Å². The Hall–Kier alpha value is -3.26. The summed E-state index contributed by atoms with van der Waals surface area (Å²) in [7, 11) is 3.16. The predicted octanol–water partition coefficient (Wildman–Crippen LogP) is 3.50. The molecule has 0 radical (unpaired) electrons. The third-order valence-corrected chi connectivity index (χ3v) is 5.25. The van der Waals surface area contributed by atoms with Crippen LogP contribution in [0.4, 0.5) is 10.5 Å². The Morgan fingerprint density at radius 2 is 1.90 bits per heavy atom. The minimum atomic E-state index is -0.154. The molecule has 1 saturated heterocycles. The molecule has 8 nitrogen and oxygen atoms in total. The number of aromatic nitrogens is 1. The second-order valence-corrected chi connectivity index (χ2v) is 7.34. The van der Waals surface area contributed by atoms with E-state index in [4.69, 9.17) is 13.9 Å². The third kappa shape index (κ3) is 4.33. The zero-order valence-corrected chi connectivity index (χ0v) is 17.5. The number of ether oxygens (including phenoxy) is 2. The largest absolute Gasteiger partial charge is 0.497 e. The molecule has 2 heterocycles. The van der Waals surface area contributed by atoms with Crippen molar-refractivity contribution in [3.63, 3.8) is 0 Å². The van der Waals surface area contributed by atoms with E-state index in [0.717, 1.165) is 29.8 Å². The fourth-order valence-corrected chi connectivity index (χ4v) is 3.55. The van der Waals surface area contributed by atoms with Crippen molar-refractivity contribution in [3.8, 4) is 11.5 Å². The van der Waals surface area contributed by atoms with Crippen LogP contribution in [0.2, 0.25) is 0 Å². The second-order valence-electron chi connectivity index (χ2n) is 7.34. The average molecular weight is 410 g/mol. The maximum atomic E-state index is 12.7. The number of carbonyl (C=O) groups is 1. The highest BCUT2D eigenvalue weighted by Gasteiger charge is 2.23. The molecule has 158 valence electrons. The van der Waals surface area contributed by atoms with E-state index in [-0.39, 0.29) is 6.03 Å². The van der Waals surface area contributed by atoms with Gasteiger partial charge in [-0.05, 0) is 36.8 Å². The molecule has 4 rings (SSSR count). The number of urea groups is 1. The van der Waals surface area contributed by atoms with Crippen LogP contribution in [0.3, 0.4) is 0 Å². The van der Waals surface area contributed by atoms with Crippen LogP contribution in [0.25, 0.3) is 11.1 Å². The summed E-state index contributed by atoms with van der Waals surface area (Å²) in [5.74, 6) is 1.95.